The van der Waals surface area contributed by atoms with E-state index < -0.39 is 5.97 Å². The standard InChI is InChI=1S/C6H10O3.C5H10O3/c1-3-9-6(8)4-5(2)7;1-7-4-3-5(6)8-2/h3-4H2,1-2H3;3-4H2,1-2H3. The molecule has 0 saturated heterocycles. The molecule has 0 atom stereocenters. The second-order valence-electron chi connectivity index (χ2n) is 3.00. The molecule has 0 rings (SSSR count). The molecule has 0 fully saturated rings. The number of ketones is 1. The minimum absolute atomic E-state index is 0.103. The van der Waals surface area contributed by atoms with Gasteiger partial charge in [-0.3, -0.25) is 14.4 Å². The Kier molecular flexibility index (Phi) is 13.3. The summed E-state index contributed by atoms with van der Waals surface area (Å²) in [6, 6.07) is 0. The molecule has 0 amide bonds. The van der Waals surface area contributed by atoms with Gasteiger partial charge in [-0.2, -0.15) is 0 Å². The predicted molar refractivity (Wildman–Crippen MR) is 60.4 cm³/mol. The third kappa shape index (κ3) is 17.2. The van der Waals surface area contributed by atoms with Gasteiger partial charge in [0.15, 0.2) is 0 Å². The highest BCUT2D eigenvalue weighted by atomic mass is 16.5. The second-order valence-corrected chi connectivity index (χ2v) is 3.00. The van der Waals surface area contributed by atoms with Crippen molar-refractivity contribution in [2.24, 2.45) is 0 Å². The summed E-state index contributed by atoms with van der Waals surface area (Å²) in [5.41, 5.74) is 0. The highest BCUT2D eigenvalue weighted by molar-refractivity contribution is 5.94. The monoisotopic (exact) mass is 248 g/mol. The smallest absolute Gasteiger partial charge is 0.313 e. The molecule has 0 aliphatic carbocycles. The van der Waals surface area contributed by atoms with Crippen LogP contribution in [0.2, 0.25) is 0 Å². The van der Waals surface area contributed by atoms with E-state index in [4.69, 9.17) is 0 Å². The molecule has 0 radical (unpaired) electrons. The van der Waals surface area contributed by atoms with Gasteiger partial charge in [-0.25, -0.2) is 0 Å². The fourth-order valence-electron chi connectivity index (χ4n) is 0.703. The Balaban J connectivity index is 0. The Hall–Kier alpha value is -1.43. The van der Waals surface area contributed by atoms with Gasteiger partial charge in [0, 0.05) is 7.11 Å². The van der Waals surface area contributed by atoms with Crippen LogP contribution < -0.4 is 0 Å². The Morgan fingerprint density at radius 1 is 1.06 bits per heavy atom. The van der Waals surface area contributed by atoms with Crippen LogP contribution in [0.4, 0.5) is 0 Å². The normalized spacial score (nSPS) is 8.71. The van der Waals surface area contributed by atoms with Gasteiger partial charge in [-0.15, -0.1) is 0 Å². The molecular formula is C11H20O6. The van der Waals surface area contributed by atoms with Gasteiger partial charge in [0.2, 0.25) is 0 Å². The van der Waals surface area contributed by atoms with E-state index in [2.05, 4.69) is 14.2 Å². The maximum absolute atomic E-state index is 10.4. The van der Waals surface area contributed by atoms with Gasteiger partial charge in [-0.1, -0.05) is 0 Å². The Morgan fingerprint density at radius 2 is 1.65 bits per heavy atom. The van der Waals surface area contributed by atoms with Gasteiger partial charge >= 0.3 is 11.9 Å². The zero-order valence-corrected chi connectivity index (χ0v) is 10.8. The number of carbonyl (C=O) groups is 3. The summed E-state index contributed by atoms with van der Waals surface area (Å²) in [4.78, 5) is 30.9. The molecule has 0 aliphatic rings. The molecule has 0 heterocycles. The highest BCUT2D eigenvalue weighted by Crippen LogP contribution is 1.86. The molecule has 0 unspecified atom stereocenters. The first-order chi connectivity index (χ1) is 7.97. The van der Waals surface area contributed by atoms with Gasteiger partial charge in [0.1, 0.15) is 12.2 Å². The minimum atomic E-state index is -0.440. The predicted octanol–water partition coefficient (Wildman–Crippen LogP) is 0.724. The van der Waals surface area contributed by atoms with Crippen LogP contribution in [-0.4, -0.2) is 45.2 Å². The van der Waals surface area contributed by atoms with Crippen molar-refractivity contribution in [2.75, 3.05) is 27.4 Å². The van der Waals surface area contributed by atoms with Crippen molar-refractivity contribution in [2.45, 2.75) is 26.7 Å². The van der Waals surface area contributed by atoms with E-state index in [1.54, 1.807) is 14.0 Å². The molecule has 0 spiro atoms. The van der Waals surface area contributed by atoms with Crippen molar-refractivity contribution in [1.29, 1.82) is 0 Å². The maximum Gasteiger partial charge on any atom is 0.313 e. The number of carbonyl (C=O) groups excluding carboxylic acids is 3. The Labute approximate surface area is 101 Å². The van der Waals surface area contributed by atoms with Crippen LogP contribution in [-0.2, 0) is 28.6 Å². The van der Waals surface area contributed by atoms with Crippen LogP contribution >= 0.6 is 0 Å². The van der Waals surface area contributed by atoms with Crippen LogP contribution in [0.25, 0.3) is 0 Å². The quantitative estimate of drug-likeness (QED) is 0.509. The summed E-state index contributed by atoms with van der Waals surface area (Å²) in [5.74, 6) is -0.828. The highest BCUT2D eigenvalue weighted by Gasteiger charge is 2.03. The number of hydrogen-bond acceptors (Lipinski definition) is 6. The second kappa shape index (κ2) is 12.6. The van der Waals surface area contributed by atoms with Gasteiger partial charge in [0.05, 0.1) is 26.7 Å². The summed E-state index contributed by atoms with van der Waals surface area (Å²) in [5, 5.41) is 0. The largest absolute Gasteiger partial charge is 0.469 e. The molecule has 100 valence electrons. The first kappa shape index (κ1) is 17.9. The average Bonchev–Trinajstić information content (AvgIpc) is 2.26. The minimum Gasteiger partial charge on any atom is -0.469 e. The van der Waals surface area contributed by atoms with Crippen molar-refractivity contribution in [1.82, 2.24) is 0 Å². The molecule has 0 N–H and O–H groups in total. The maximum atomic E-state index is 10.4. The van der Waals surface area contributed by atoms with Gasteiger partial charge in [0.25, 0.3) is 0 Å². The van der Waals surface area contributed by atoms with Crippen LogP contribution in [0.3, 0.4) is 0 Å². The summed E-state index contributed by atoms with van der Waals surface area (Å²) in [7, 11) is 2.90. The fourth-order valence-corrected chi connectivity index (χ4v) is 0.703. The van der Waals surface area contributed by atoms with Gasteiger partial charge < -0.3 is 14.2 Å². The van der Waals surface area contributed by atoms with E-state index in [0.717, 1.165) is 0 Å². The Morgan fingerprint density at radius 3 is 2.00 bits per heavy atom. The summed E-state index contributed by atoms with van der Waals surface area (Å²) in [6.07, 6.45) is 0.237. The lowest BCUT2D eigenvalue weighted by molar-refractivity contribution is -0.145. The average molecular weight is 248 g/mol. The molecular weight excluding hydrogens is 228 g/mol. The van der Waals surface area contributed by atoms with Crippen LogP contribution in [0, 0.1) is 0 Å². The Bertz CT molecular complexity index is 236. The molecule has 17 heavy (non-hydrogen) atoms. The van der Waals surface area contributed by atoms with Crippen molar-refractivity contribution in [3.8, 4) is 0 Å². The summed E-state index contributed by atoms with van der Waals surface area (Å²) < 4.78 is 13.4. The number of rotatable bonds is 6. The fraction of sp³-hybridized carbons (Fsp3) is 0.727. The first-order valence-corrected chi connectivity index (χ1v) is 5.18. The van der Waals surface area contributed by atoms with Crippen molar-refractivity contribution >= 4 is 17.7 Å². The zero-order valence-electron chi connectivity index (χ0n) is 10.8. The molecule has 0 aromatic heterocycles. The third-order valence-corrected chi connectivity index (χ3v) is 1.44. The zero-order chi connectivity index (χ0) is 13.7. The SMILES string of the molecule is CCOC(=O)CC(C)=O.COCCC(=O)OC. The van der Waals surface area contributed by atoms with Gasteiger partial charge in [-0.05, 0) is 13.8 Å². The molecule has 0 aromatic carbocycles. The van der Waals surface area contributed by atoms with Crippen LogP contribution in [0.5, 0.6) is 0 Å². The lowest BCUT2D eigenvalue weighted by Gasteiger charge is -1.96. The van der Waals surface area contributed by atoms with Crippen LogP contribution in [0.1, 0.15) is 26.7 Å². The molecule has 6 nitrogen and oxygen atoms in total. The molecule has 0 aliphatic heterocycles. The topological polar surface area (TPSA) is 78.9 Å². The number of Topliss-reactive ketones (excluding diaryl/α,β-unsaturated/α-hetero) is 1. The number of ether oxygens (including phenoxy) is 3. The van der Waals surface area contributed by atoms with Crippen LogP contribution in [0.15, 0.2) is 0 Å². The molecule has 0 saturated carbocycles. The summed E-state index contributed by atoms with van der Waals surface area (Å²) in [6.45, 7) is 3.84. The van der Waals surface area contributed by atoms with E-state index >= 15 is 0 Å². The lowest BCUT2D eigenvalue weighted by Crippen LogP contribution is -2.07. The lowest BCUT2D eigenvalue weighted by atomic mass is 10.3. The van der Waals surface area contributed by atoms with Crippen molar-refractivity contribution in [3.63, 3.8) is 0 Å². The number of esters is 2. The third-order valence-electron chi connectivity index (χ3n) is 1.44. The first-order valence-electron chi connectivity index (χ1n) is 5.18. The van der Waals surface area contributed by atoms with Crippen molar-refractivity contribution < 1.29 is 28.6 Å². The van der Waals surface area contributed by atoms with E-state index in [-0.39, 0.29) is 18.2 Å². The molecule has 0 aromatic rings. The van der Waals surface area contributed by atoms with E-state index in [0.29, 0.717) is 19.6 Å². The molecule has 6 heteroatoms. The van der Waals surface area contributed by atoms with E-state index in [1.165, 1.54) is 14.0 Å². The summed E-state index contributed by atoms with van der Waals surface area (Å²) >= 11 is 0. The molecule has 0 bridgehead atoms. The van der Waals surface area contributed by atoms with E-state index in [1.807, 2.05) is 0 Å². The van der Waals surface area contributed by atoms with E-state index in [9.17, 15) is 14.4 Å². The number of methoxy groups -OCH3 is 2. The number of hydrogen-bond donors (Lipinski definition) is 0. The van der Waals surface area contributed by atoms with Crippen molar-refractivity contribution in [3.05, 3.63) is 0 Å².